The van der Waals surface area contributed by atoms with Crippen molar-refractivity contribution in [1.29, 1.82) is 0 Å². The molecule has 0 heterocycles. The van der Waals surface area contributed by atoms with E-state index in [1.54, 1.807) is 6.92 Å². The summed E-state index contributed by atoms with van der Waals surface area (Å²) >= 11 is 5.53. The number of nitrogens with zero attached hydrogens (tertiary/aromatic N) is 2. The SMILES string of the molecule is Cc1ccc(Cl)c([N+](=O)[O-])c1N=O. The number of nitro benzene ring substituents is 1. The van der Waals surface area contributed by atoms with E-state index in [2.05, 4.69) is 5.18 Å². The maximum absolute atomic E-state index is 10.5. The number of nitroso groups, excluding NO2 is 1. The molecule has 0 aliphatic rings. The summed E-state index contributed by atoms with van der Waals surface area (Å²) in [6, 6.07) is 2.87. The summed E-state index contributed by atoms with van der Waals surface area (Å²) in [5, 5.41) is 13.0. The van der Waals surface area contributed by atoms with Crippen LogP contribution >= 0.6 is 11.6 Å². The van der Waals surface area contributed by atoms with Crippen molar-refractivity contribution >= 4 is 23.0 Å². The summed E-state index contributed by atoms with van der Waals surface area (Å²) in [5.74, 6) is 0. The molecule has 0 aromatic heterocycles. The fourth-order valence-electron chi connectivity index (χ4n) is 0.945. The summed E-state index contributed by atoms with van der Waals surface area (Å²) in [5.41, 5.74) is -0.208. The number of benzene rings is 1. The predicted molar refractivity (Wildman–Crippen MR) is 48.3 cm³/mol. The van der Waals surface area contributed by atoms with Gasteiger partial charge in [-0.2, -0.15) is 0 Å². The van der Waals surface area contributed by atoms with Gasteiger partial charge in [-0.1, -0.05) is 17.7 Å². The first-order chi connectivity index (χ1) is 6.07. The summed E-state index contributed by atoms with van der Waals surface area (Å²) in [7, 11) is 0. The van der Waals surface area contributed by atoms with E-state index in [1.165, 1.54) is 12.1 Å². The zero-order valence-electron chi connectivity index (χ0n) is 6.65. The number of hydrogen-bond donors (Lipinski definition) is 0. The minimum Gasteiger partial charge on any atom is -0.258 e. The molecule has 0 saturated carbocycles. The Bertz CT molecular complexity index is 378. The van der Waals surface area contributed by atoms with Gasteiger partial charge < -0.3 is 0 Å². The molecule has 0 aliphatic heterocycles. The molecule has 0 spiro atoms. The van der Waals surface area contributed by atoms with Crippen molar-refractivity contribution in [1.82, 2.24) is 0 Å². The number of rotatable bonds is 2. The van der Waals surface area contributed by atoms with Crippen LogP contribution in [0.1, 0.15) is 5.56 Å². The topological polar surface area (TPSA) is 72.6 Å². The zero-order chi connectivity index (χ0) is 10.0. The molecule has 1 aromatic rings. The van der Waals surface area contributed by atoms with Crippen LogP contribution in [0.5, 0.6) is 0 Å². The summed E-state index contributed by atoms with van der Waals surface area (Å²) in [6.07, 6.45) is 0. The molecule has 1 aromatic carbocycles. The number of aryl methyl sites for hydroxylation is 1. The highest BCUT2D eigenvalue weighted by Gasteiger charge is 2.21. The monoisotopic (exact) mass is 200 g/mol. The van der Waals surface area contributed by atoms with E-state index in [4.69, 9.17) is 11.6 Å². The number of hydrogen-bond acceptors (Lipinski definition) is 4. The maximum atomic E-state index is 10.5. The highest BCUT2D eigenvalue weighted by Crippen LogP contribution is 2.36. The first kappa shape index (κ1) is 9.60. The van der Waals surface area contributed by atoms with Gasteiger partial charge >= 0.3 is 5.69 Å². The fraction of sp³-hybridized carbons (Fsp3) is 0.143. The van der Waals surface area contributed by atoms with E-state index in [0.29, 0.717) is 5.56 Å². The number of nitro groups is 1. The summed E-state index contributed by atoms with van der Waals surface area (Å²) < 4.78 is 0. The van der Waals surface area contributed by atoms with Crippen LogP contribution < -0.4 is 0 Å². The molecule has 0 aliphatic carbocycles. The molecular formula is C7H5ClN2O3. The molecule has 0 radical (unpaired) electrons. The van der Waals surface area contributed by atoms with Gasteiger partial charge in [0.1, 0.15) is 5.02 Å². The van der Waals surface area contributed by atoms with Gasteiger partial charge in [0.05, 0.1) is 4.92 Å². The molecule has 1 rings (SSSR count). The smallest absolute Gasteiger partial charge is 0.258 e. The van der Waals surface area contributed by atoms with Gasteiger partial charge in [0.25, 0.3) is 0 Å². The molecule has 0 saturated heterocycles. The van der Waals surface area contributed by atoms with Crippen molar-refractivity contribution in [3.05, 3.63) is 37.7 Å². The molecule has 0 fully saturated rings. The van der Waals surface area contributed by atoms with Crippen LogP contribution in [0.15, 0.2) is 17.3 Å². The van der Waals surface area contributed by atoms with E-state index in [1.807, 2.05) is 0 Å². The molecule has 0 amide bonds. The standard InChI is InChI=1S/C7H5ClN2O3/c1-4-2-3-5(8)7(10(12)13)6(4)9-11/h2-3H,1H3. The molecule has 6 heteroatoms. The molecular weight excluding hydrogens is 196 g/mol. The van der Waals surface area contributed by atoms with Gasteiger partial charge in [0.2, 0.25) is 0 Å². The maximum Gasteiger partial charge on any atom is 0.317 e. The van der Waals surface area contributed by atoms with E-state index >= 15 is 0 Å². The van der Waals surface area contributed by atoms with Crippen molar-refractivity contribution in [2.24, 2.45) is 5.18 Å². The van der Waals surface area contributed by atoms with Crippen LogP contribution in [0, 0.1) is 21.9 Å². The van der Waals surface area contributed by atoms with E-state index < -0.39 is 10.6 Å². The van der Waals surface area contributed by atoms with Crippen molar-refractivity contribution in [3.8, 4) is 0 Å². The minimum atomic E-state index is -0.716. The summed E-state index contributed by atoms with van der Waals surface area (Å²) in [6.45, 7) is 1.56. The second-order valence-electron chi connectivity index (χ2n) is 2.41. The largest absolute Gasteiger partial charge is 0.317 e. The molecule has 13 heavy (non-hydrogen) atoms. The first-order valence-corrected chi connectivity index (χ1v) is 3.72. The van der Waals surface area contributed by atoms with Crippen molar-refractivity contribution in [2.75, 3.05) is 0 Å². The Morgan fingerprint density at radius 3 is 2.54 bits per heavy atom. The van der Waals surface area contributed by atoms with Gasteiger partial charge in [-0.3, -0.25) is 10.1 Å². The third-order valence-electron chi connectivity index (χ3n) is 1.58. The Labute approximate surface area is 78.4 Å². The van der Waals surface area contributed by atoms with Crippen LogP contribution in [0.4, 0.5) is 11.4 Å². The lowest BCUT2D eigenvalue weighted by Gasteiger charge is -1.99. The van der Waals surface area contributed by atoms with Crippen molar-refractivity contribution in [2.45, 2.75) is 6.92 Å². The lowest BCUT2D eigenvalue weighted by Crippen LogP contribution is -1.91. The lowest BCUT2D eigenvalue weighted by atomic mass is 10.2. The van der Waals surface area contributed by atoms with Crippen molar-refractivity contribution < 1.29 is 4.92 Å². The van der Waals surface area contributed by atoms with Crippen LogP contribution in [-0.4, -0.2) is 4.92 Å². The lowest BCUT2D eigenvalue weighted by molar-refractivity contribution is -0.383. The van der Waals surface area contributed by atoms with E-state index in [9.17, 15) is 15.0 Å². The van der Waals surface area contributed by atoms with Crippen LogP contribution in [0.2, 0.25) is 5.02 Å². The third-order valence-corrected chi connectivity index (χ3v) is 1.88. The first-order valence-electron chi connectivity index (χ1n) is 3.34. The molecule has 0 N–H and O–H groups in total. The van der Waals surface area contributed by atoms with Crippen LogP contribution in [0.25, 0.3) is 0 Å². The predicted octanol–water partition coefficient (Wildman–Crippen LogP) is 2.95. The van der Waals surface area contributed by atoms with Gasteiger partial charge in [-0.15, -0.1) is 4.91 Å². The Morgan fingerprint density at radius 2 is 2.15 bits per heavy atom. The van der Waals surface area contributed by atoms with E-state index in [0.717, 1.165) is 0 Å². The van der Waals surface area contributed by atoms with Crippen molar-refractivity contribution in [3.63, 3.8) is 0 Å². The van der Waals surface area contributed by atoms with Crippen LogP contribution in [0.3, 0.4) is 0 Å². The Hall–Kier alpha value is -1.49. The average Bonchev–Trinajstić information content (AvgIpc) is 2.07. The summed E-state index contributed by atoms with van der Waals surface area (Å²) in [4.78, 5) is 20.1. The normalized spacial score (nSPS) is 9.69. The van der Waals surface area contributed by atoms with Gasteiger partial charge in [-0.25, -0.2) is 0 Å². The van der Waals surface area contributed by atoms with Gasteiger partial charge in [0.15, 0.2) is 5.69 Å². The van der Waals surface area contributed by atoms with Gasteiger partial charge in [0, 0.05) is 0 Å². The van der Waals surface area contributed by atoms with Crippen LogP contribution in [-0.2, 0) is 0 Å². The van der Waals surface area contributed by atoms with E-state index in [-0.39, 0.29) is 10.7 Å². The average molecular weight is 201 g/mol. The fourth-order valence-corrected chi connectivity index (χ4v) is 1.17. The quantitative estimate of drug-likeness (QED) is 0.419. The highest BCUT2D eigenvalue weighted by atomic mass is 35.5. The Kier molecular flexibility index (Phi) is 2.57. The molecule has 5 nitrogen and oxygen atoms in total. The second kappa shape index (κ2) is 3.49. The third kappa shape index (κ3) is 1.65. The number of halogens is 1. The van der Waals surface area contributed by atoms with Gasteiger partial charge in [-0.05, 0) is 23.7 Å². The Morgan fingerprint density at radius 1 is 1.54 bits per heavy atom. The molecule has 0 unspecified atom stereocenters. The highest BCUT2D eigenvalue weighted by molar-refractivity contribution is 6.33. The molecule has 0 atom stereocenters. The Balaban J connectivity index is 3.52. The second-order valence-corrected chi connectivity index (χ2v) is 2.82. The molecule has 0 bridgehead atoms. The zero-order valence-corrected chi connectivity index (χ0v) is 7.41. The minimum absolute atomic E-state index is 0.0785. The molecule has 68 valence electrons.